The quantitative estimate of drug-likeness (QED) is 0.416. The monoisotopic (exact) mass is 352 g/mol. The fourth-order valence-electron chi connectivity index (χ4n) is 2.60. The van der Waals surface area contributed by atoms with Crippen LogP contribution in [0.4, 0.5) is 5.69 Å². The van der Waals surface area contributed by atoms with E-state index in [1.54, 1.807) is 32.4 Å². The molecule has 0 aliphatic carbocycles. The molecule has 1 heterocycles. The lowest BCUT2D eigenvalue weighted by Crippen LogP contribution is -2.10. The van der Waals surface area contributed by atoms with Gasteiger partial charge in [0.2, 0.25) is 0 Å². The Morgan fingerprint density at radius 2 is 1.88 bits per heavy atom. The van der Waals surface area contributed by atoms with Crippen molar-refractivity contribution in [3.8, 4) is 17.0 Å². The maximum Gasteiger partial charge on any atom is 0.338 e. The molecule has 0 aliphatic heterocycles. The largest absolute Gasteiger partial charge is 0.497 e. The number of nitrogens with two attached hydrogens (primary N) is 1. The van der Waals surface area contributed by atoms with Crippen LogP contribution < -0.4 is 10.5 Å². The highest BCUT2D eigenvalue weighted by Crippen LogP contribution is 2.28. The van der Waals surface area contributed by atoms with Crippen molar-refractivity contribution in [3.63, 3.8) is 0 Å². The molecule has 6 nitrogen and oxygen atoms in total. The molecule has 1 aromatic heterocycles. The summed E-state index contributed by atoms with van der Waals surface area (Å²) >= 11 is 0. The Balaban J connectivity index is 1.87. The lowest BCUT2D eigenvalue weighted by Gasteiger charge is -2.09. The van der Waals surface area contributed by atoms with E-state index >= 15 is 0 Å². The molecule has 0 spiro atoms. The molecule has 2 aromatic carbocycles. The van der Waals surface area contributed by atoms with Crippen LogP contribution in [0.3, 0.4) is 0 Å². The van der Waals surface area contributed by atoms with Crippen LogP contribution in [0.5, 0.6) is 5.75 Å². The molecule has 6 heteroatoms. The number of aromatic nitrogens is 1. The zero-order chi connectivity index (χ0) is 18.5. The highest BCUT2D eigenvalue weighted by atomic mass is 16.6. The molecular formula is C20H20N2O4. The van der Waals surface area contributed by atoms with Gasteiger partial charge in [-0.05, 0) is 42.5 Å². The maximum absolute atomic E-state index is 12.0. The van der Waals surface area contributed by atoms with Crippen molar-refractivity contribution < 1.29 is 19.0 Å². The second kappa shape index (κ2) is 7.84. The van der Waals surface area contributed by atoms with Gasteiger partial charge in [0.25, 0.3) is 0 Å². The summed E-state index contributed by atoms with van der Waals surface area (Å²) in [5.41, 5.74) is 9.34. The molecule has 0 atom stereocenters. The molecule has 0 saturated carbocycles. The number of methoxy groups -OCH3 is 2. The Kier molecular flexibility index (Phi) is 5.34. The number of carbonyl (C=O) groups is 1. The zero-order valence-corrected chi connectivity index (χ0v) is 14.7. The van der Waals surface area contributed by atoms with Gasteiger partial charge >= 0.3 is 5.97 Å². The molecule has 0 unspecified atom stereocenters. The van der Waals surface area contributed by atoms with Crippen LogP contribution in [0.1, 0.15) is 10.4 Å². The standard InChI is InChI=1S/C20H20N2O4/c1-24-9-10-26-20(23)14-3-6-16(17(21)12-14)19-7-4-13-11-15(25-2)5-8-18(13)22-19/h3-8,11-12H,9-10,21H2,1-2H3. The second-order valence-corrected chi connectivity index (χ2v) is 5.69. The van der Waals surface area contributed by atoms with Gasteiger partial charge in [-0.1, -0.05) is 6.07 Å². The maximum atomic E-state index is 12.0. The average Bonchev–Trinajstić information content (AvgIpc) is 2.67. The van der Waals surface area contributed by atoms with Crippen molar-refractivity contribution in [1.82, 2.24) is 4.98 Å². The molecular weight excluding hydrogens is 332 g/mol. The lowest BCUT2D eigenvalue weighted by atomic mass is 10.0. The van der Waals surface area contributed by atoms with Gasteiger partial charge in [0, 0.05) is 23.7 Å². The Hall–Kier alpha value is -3.12. The Morgan fingerprint density at radius 1 is 1.04 bits per heavy atom. The Bertz CT molecular complexity index is 940. The molecule has 0 amide bonds. The zero-order valence-electron chi connectivity index (χ0n) is 14.7. The van der Waals surface area contributed by atoms with E-state index in [0.717, 1.165) is 27.9 Å². The van der Waals surface area contributed by atoms with Gasteiger partial charge < -0.3 is 19.9 Å². The van der Waals surface area contributed by atoms with Crippen LogP contribution in [0.25, 0.3) is 22.2 Å². The summed E-state index contributed by atoms with van der Waals surface area (Å²) in [4.78, 5) is 16.6. The molecule has 3 aromatic rings. The van der Waals surface area contributed by atoms with E-state index < -0.39 is 5.97 Å². The number of esters is 1. The number of pyridine rings is 1. The number of nitrogen functional groups attached to an aromatic ring is 1. The normalized spacial score (nSPS) is 10.7. The summed E-state index contributed by atoms with van der Waals surface area (Å²) in [6.45, 7) is 0.553. The molecule has 26 heavy (non-hydrogen) atoms. The van der Waals surface area contributed by atoms with Crippen molar-refractivity contribution in [3.05, 3.63) is 54.1 Å². The topological polar surface area (TPSA) is 83.7 Å². The highest BCUT2D eigenvalue weighted by molar-refractivity contribution is 5.93. The van der Waals surface area contributed by atoms with Gasteiger partial charge in [0.15, 0.2) is 0 Å². The summed E-state index contributed by atoms with van der Waals surface area (Å²) in [7, 11) is 3.18. The van der Waals surface area contributed by atoms with Crippen molar-refractivity contribution in [2.24, 2.45) is 0 Å². The molecule has 0 bridgehead atoms. The van der Waals surface area contributed by atoms with Crippen LogP contribution in [-0.4, -0.2) is 38.4 Å². The predicted octanol–water partition coefficient (Wildman–Crippen LogP) is 3.30. The van der Waals surface area contributed by atoms with Crippen molar-refractivity contribution in [2.45, 2.75) is 0 Å². The number of anilines is 1. The van der Waals surface area contributed by atoms with E-state index in [1.165, 1.54) is 0 Å². The van der Waals surface area contributed by atoms with E-state index in [9.17, 15) is 4.79 Å². The molecule has 2 N–H and O–H groups in total. The Labute approximate surface area is 151 Å². The summed E-state index contributed by atoms with van der Waals surface area (Å²) < 4.78 is 15.2. The van der Waals surface area contributed by atoms with Crippen molar-refractivity contribution in [2.75, 3.05) is 33.2 Å². The fourth-order valence-corrected chi connectivity index (χ4v) is 2.60. The van der Waals surface area contributed by atoms with E-state index in [0.29, 0.717) is 17.9 Å². The number of benzene rings is 2. The molecule has 0 aliphatic rings. The molecule has 0 fully saturated rings. The molecule has 3 rings (SSSR count). The third-order valence-electron chi connectivity index (χ3n) is 3.98. The van der Waals surface area contributed by atoms with Crippen LogP contribution >= 0.6 is 0 Å². The minimum Gasteiger partial charge on any atom is -0.497 e. The van der Waals surface area contributed by atoms with Gasteiger partial charge in [-0.15, -0.1) is 0 Å². The van der Waals surface area contributed by atoms with Crippen LogP contribution in [0, 0.1) is 0 Å². The fraction of sp³-hybridized carbons (Fsp3) is 0.200. The number of hydrogen-bond donors (Lipinski definition) is 1. The van der Waals surface area contributed by atoms with Gasteiger partial charge in [-0.3, -0.25) is 0 Å². The molecule has 134 valence electrons. The van der Waals surface area contributed by atoms with E-state index in [1.807, 2.05) is 30.3 Å². The van der Waals surface area contributed by atoms with E-state index in [-0.39, 0.29) is 6.61 Å². The summed E-state index contributed by atoms with van der Waals surface area (Å²) in [6, 6.07) is 14.6. The first-order chi connectivity index (χ1) is 12.6. The van der Waals surface area contributed by atoms with Gasteiger partial charge in [-0.25, -0.2) is 9.78 Å². The third-order valence-corrected chi connectivity index (χ3v) is 3.98. The van der Waals surface area contributed by atoms with Gasteiger partial charge in [-0.2, -0.15) is 0 Å². The van der Waals surface area contributed by atoms with Crippen LogP contribution in [0.15, 0.2) is 48.5 Å². The van der Waals surface area contributed by atoms with Gasteiger partial charge in [0.1, 0.15) is 12.4 Å². The summed E-state index contributed by atoms with van der Waals surface area (Å²) in [6.07, 6.45) is 0. The number of nitrogens with zero attached hydrogens (tertiary/aromatic N) is 1. The first kappa shape index (κ1) is 17.7. The SMILES string of the molecule is COCCOC(=O)c1ccc(-c2ccc3cc(OC)ccc3n2)c(N)c1. The highest BCUT2D eigenvalue weighted by Gasteiger charge is 2.12. The second-order valence-electron chi connectivity index (χ2n) is 5.69. The van der Waals surface area contributed by atoms with Crippen molar-refractivity contribution >= 4 is 22.6 Å². The number of hydrogen-bond acceptors (Lipinski definition) is 6. The van der Waals surface area contributed by atoms with Crippen LogP contribution in [-0.2, 0) is 9.47 Å². The summed E-state index contributed by atoms with van der Waals surface area (Å²) in [5, 5.41) is 0.977. The van der Waals surface area contributed by atoms with Gasteiger partial charge in [0.05, 0.1) is 30.5 Å². The summed E-state index contributed by atoms with van der Waals surface area (Å²) in [5.74, 6) is 0.349. The third kappa shape index (κ3) is 3.75. The lowest BCUT2D eigenvalue weighted by molar-refractivity contribution is 0.0388. The number of fused-ring (bicyclic) bond motifs is 1. The minimum absolute atomic E-state index is 0.201. The van der Waals surface area contributed by atoms with Crippen molar-refractivity contribution in [1.29, 1.82) is 0 Å². The number of carbonyl (C=O) groups excluding carboxylic acids is 1. The number of ether oxygens (including phenoxy) is 3. The minimum atomic E-state index is -0.432. The average molecular weight is 352 g/mol. The Morgan fingerprint density at radius 3 is 2.62 bits per heavy atom. The predicted molar refractivity (Wildman–Crippen MR) is 100 cm³/mol. The van der Waals surface area contributed by atoms with E-state index in [2.05, 4.69) is 4.98 Å². The molecule has 0 radical (unpaired) electrons. The smallest absolute Gasteiger partial charge is 0.338 e. The first-order valence-corrected chi connectivity index (χ1v) is 8.13. The molecule has 0 saturated heterocycles. The van der Waals surface area contributed by atoms with E-state index in [4.69, 9.17) is 19.9 Å². The first-order valence-electron chi connectivity index (χ1n) is 8.13. The van der Waals surface area contributed by atoms with Crippen LogP contribution in [0.2, 0.25) is 0 Å². The number of rotatable bonds is 6.